The molecule has 0 nitrogen and oxygen atoms in total. The smallest absolute Gasteiger partial charge is 0.0361 e. The summed E-state index contributed by atoms with van der Waals surface area (Å²) in [6, 6.07) is 15.3. The monoisotopic (exact) mass is 238 g/mol. The number of benzene rings is 2. The Morgan fingerprint density at radius 2 is 1.82 bits per heavy atom. The zero-order valence-electron chi connectivity index (χ0n) is 9.81. The highest BCUT2D eigenvalue weighted by molar-refractivity contribution is 7.25. The van der Waals surface area contributed by atoms with Gasteiger partial charge in [0.2, 0.25) is 0 Å². The van der Waals surface area contributed by atoms with Crippen molar-refractivity contribution in [2.75, 3.05) is 0 Å². The van der Waals surface area contributed by atoms with Crippen LogP contribution in [0.1, 0.15) is 18.9 Å². The molecule has 0 unspecified atom stereocenters. The van der Waals surface area contributed by atoms with Crippen LogP contribution in [0.5, 0.6) is 0 Å². The van der Waals surface area contributed by atoms with Crippen LogP contribution < -0.4 is 0 Å². The maximum Gasteiger partial charge on any atom is 0.0361 e. The van der Waals surface area contributed by atoms with Crippen LogP contribution in [0.2, 0.25) is 0 Å². The number of rotatable bonds is 2. The first-order chi connectivity index (χ1) is 8.38. The molecule has 1 heterocycles. The summed E-state index contributed by atoms with van der Waals surface area (Å²) < 4.78 is 2.75. The third-order valence-electron chi connectivity index (χ3n) is 2.95. The first-order valence-corrected chi connectivity index (χ1v) is 6.78. The summed E-state index contributed by atoms with van der Waals surface area (Å²) in [7, 11) is 0. The van der Waals surface area contributed by atoms with Gasteiger partial charge < -0.3 is 0 Å². The van der Waals surface area contributed by atoms with Crippen LogP contribution in [0.15, 0.2) is 48.5 Å². The molecule has 0 saturated heterocycles. The van der Waals surface area contributed by atoms with Crippen LogP contribution in [0, 0.1) is 0 Å². The van der Waals surface area contributed by atoms with E-state index in [2.05, 4.69) is 61.5 Å². The molecule has 0 radical (unpaired) electrons. The average Bonchev–Trinajstić information content (AvgIpc) is 2.74. The van der Waals surface area contributed by atoms with E-state index < -0.39 is 0 Å². The fourth-order valence-electron chi connectivity index (χ4n) is 2.10. The Morgan fingerprint density at radius 1 is 1.00 bits per heavy atom. The van der Waals surface area contributed by atoms with Crippen LogP contribution in [0.25, 0.3) is 26.2 Å². The van der Waals surface area contributed by atoms with Crippen LogP contribution >= 0.6 is 11.3 Å². The van der Waals surface area contributed by atoms with Crippen molar-refractivity contribution in [3.8, 4) is 0 Å². The lowest BCUT2D eigenvalue weighted by molar-refractivity contribution is 1.23. The van der Waals surface area contributed by atoms with Gasteiger partial charge in [0.25, 0.3) is 0 Å². The second-order valence-electron chi connectivity index (χ2n) is 4.16. The topological polar surface area (TPSA) is 0 Å². The van der Waals surface area contributed by atoms with E-state index in [-0.39, 0.29) is 0 Å². The summed E-state index contributed by atoms with van der Waals surface area (Å²) >= 11 is 1.88. The Morgan fingerprint density at radius 3 is 2.71 bits per heavy atom. The van der Waals surface area contributed by atoms with Gasteiger partial charge in [0.1, 0.15) is 0 Å². The molecule has 0 amide bonds. The van der Waals surface area contributed by atoms with E-state index in [4.69, 9.17) is 0 Å². The standard InChI is InChI=1S/C16H14S/c1-2-3-6-12-9-10-14-13-7-4-5-8-15(13)17-16(14)11-12/h3-11H,2H2,1H3/b6-3-. The Balaban J connectivity index is 2.23. The molecule has 0 bridgehead atoms. The molecular formula is C16H14S. The van der Waals surface area contributed by atoms with E-state index in [0.717, 1.165) is 6.42 Å². The van der Waals surface area contributed by atoms with E-state index in [1.54, 1.807) is 0 Å². The molecular weight excluding hydrogens is 224 g/mol. The second kappa shape index (κ2) is 4.34. The Hall–Kier alpha value is -1.60. The van der Waals surface area contributed by atoms with Gasteiger partial charge in [0, 0.05) is 20.2 Å². The number of allylic oxidation sites excluding steroid dienone is 1. The van der Waals surface area contributed by atoms with E-state index in [9.17, 15) is 0 Å². The Kier molecular flexibility index (Phi) is 2.69. The predicted molar refractivity (Wildman–Crippen MR) is 78.7 cm³/mol. The van der Waals surface area contributed by atoms with Gasteiger partial charge in [-0.2, -0.15) is 0 Å². The lowest BCUT2D eigenvalue weighted by Crippen LogP contribution is -1.71. The Labute approximate surface area is 105 Å². The molecule has 0 aliphatic rings. The molecule has 0 atom stereocenters. The SMILES string of the molecule is CC/C=C\c1ccc2c(c1)sc1ccccc12. The molecule has 0 aliphatic heterocycles. The van der Waals surface area contributed by atoms with Crippen molar-refractivity contribution >= 4 is 37.6 Å². The quantitative estimate of drug-likeness (QED) is 0.554. The largest absolute Gasteiger partial charge is 0.135 e. The van der Waals surface area contributed by atoms with Crippen LogP contribution in [0.3, 0.4) is 0 Å². The third kappa shape index (κ3) is 1.87. The molecule has 0 saturated carbocycles. The molecule has 0 spiro atoms. The third-order valence-corrected chi connectivity index (χ3v) is 4.08. The molecule has 0 N–H and O–H groups in total. The highest BCUT2D eigenvalue weighted by Gasteiger charge is 2.03. The van der Waals surface area contributed by atoms with Crippen LogP contribution in [-0.4, -0.2) is 0 Å². The first kappa shape index (κ1) is 10.5. The number of fused-ring (bicyclic) bond motifs is 3. The molecule has 1 heteroatoms. The van der Waals surface area contributed by atoms with E-state index in [1.165, 1.54) is 25.7 Å². The molecule has 3 rings (SSSR count). The van der Waals surface area contributed by atoms with Crippen molar-refractivity contribution in [1.29, 1.82) is 0 Å². The summed E-state index contributed by atoms with van der Waals surface area (Å²) in [6.07, 6.45) is 5.49. The maximum atomic E-state index is 2.28. The van der Waals surface area contributed by atoms with Gasteiger partial charge >= 0.3 is 0 Å². The molecule has 2 aromatic carbocycles. The second-order valence-corrected chi connectivity index (χ2v) is 5.25. The van der Waals surface area contributed by atoms with Crippen molar-refractivity contribution in [2.24, 2.45) is 0 Å². The molecule has 0 fully saturated rings. The number of thiophene rings is 1. The zero-order valence-corrected chi connectivity index (χ0v) is 10.6. The summed E-state index contributed by atoms with van der Waals surface area (Å²) in [6.45, 7) is 2.16. The minimum Gasteiger partial charge on any atom is -0.135 e. The van der Waals surface area contributed by atoms with Gasteiger partial charge in [-0.3, -0.25) is 0 Å². The molecule has 3 aromatic rings. The van der Waals surface area contributed by atoms with Gasteiger partial charge in [-0.15, -0.1) is 11.3 Å². The highest BCUT2D eigenvalue weighted by atomic mass is 32.1. The first-order valence-electron chi connectivity index (χ1n) is 5.96. The minimum atomic E-state index is 1.09. The number of hydrogen-bond acceptors (Lipinski definition) is 1. The normalized spacial score (nSPS) is 11.8. The molecule has 17 heavy (non-hydrogen) atoms. The maximum absolute atomic E-state index is 2.28. The molecule has 84 valence electrons. The summed E-state index contributed by atoms with van der Waals surface area (Å²) in [5, 5.41) is 2.75. The number of hydrogen-bond donors (Lipinski definition) is 0. The zero-order chi connectivity index (χ0) is 11.7. The van der Waals surface area contributed by atoms with Gasteiger partial charge in [-0.25, -0.2) is 0 Å². The fourth-order valence-corrected chi connectivity index (χ4v) is 3.25. The Bertz CT molecular complexity index is 689. The van der Waals surface area contributed by atoms with Crippen molar-refractivity contribution in [2.45, 2.75) is 13.3 Å². The lowest BCUT2D eigenvalue weighted by Gasteiger charge is -1.94. The van der Waals surface area contributed by atoms with Crippen molar-refractivity contribution in [3.05, 3.63) is 54.1 Å². The van der Waals surface area contributed by atoms with Gasteiger partial charge in [0.05, 0.1) is 0 Å². The van der Waals surface area contributed by atoms with Gasteiger partial charge in [-0.1, -0.05) is 49.4 Å². The highest BCUT2D eigenvalue weighted by Crippen LogP contribution is 2.34. The summed E-state index contributed by atoms with van der Waals surface area (Å²) in [4.78, 5) is 0. The summed E-state index contributed by atoms with van der Waals surface area (Å²) in [5.74, 6) is 0. The van der Waals surface area contributed by atoms with E-state index in [0.29, 0.717) is 0 Å². The fraction of sp³-hybridized carbons (Fsp3) is 0.125. The van der Waals surface area contributed by atoms with Gasteiger partial charge in [-0.05, 0) is 24.1 Å². The average molecular weight is 238 g/mol. The summed E-state index contributed by atoms with van der Waals surface area (Å²) in [5.41, 5.74) is 1.30. The van der Waals surface area contributed by atoms with Crippen LogP contribution in [0.4, 0.5) is 0 Å². The van der Waals surface area contributed by atoms with Gasteiger partial charge in [0.15, 0.2) is 0 Å². The van der Waals surface area contributed by atoms with Crippen molar-refractivity contribution < 1.29 is 0 Å². The lowest BCUT2D eigenvalue weighted by atomic mass is 10.1. The van der Waals surface area contributed by atoms with E-state index in [1.807, 2.05) is 11.3 Å². The predicted octanol–water partition coefficient (Wildman–Crippen LogP) is 5.48. The van der Waals surface area contributed by atoms with Crippen molar-refractivity contribution in [1.82, 2.24) is 0 Å². The molecule has 1 aromatic heterocycles. The van der Waals surface area contributed by atoms with Crippen molar-refractivity contribution in [3.63, 3.8) is 0 Å². The van der Waals surface area contributed by atoms with E-state index >= 15 is 0 Å². The van der Waals surface area contributed by atoms with Crippen LogP contribution in [-0.2, 0) is 0 Å². The molecule has 0 aliphatic carbocycles. The minimum absolute atomic E-state index is 1.09.